The van der Waals surface area contributed by atoms with Crippen LogP contribution in [0.5, 0.6) is 11.5 Å². The number of nitrogens with zero attached hydrogens (tertiary/aromatic N) is 1. The van der Waals surface area contributed by atoms with Gasteiger partial charge in [0.1, 0.15) is 24.2 Å². The van der Waals surface area contributed by atoms with Crippen LogP contribution in [-0.2, 0) is 11.3 Å². The van der Waals surface area contributed by atoms with E-state index in [4.69, 9.17) is 19.7 Å². The van der Waals surface area contributed by atoms with Gasteiger partial charge in [-0.25, -0.2) is 0 Å². The maximum absolute atomic E-state index is 12.5. The molecule has 2 aromatic carbocycles. The predicted molar refractivity (Wildman–Crippen MR) is 142 cm³/mol. The number of aliphatic hydroxyl groups excluding tert-OH is 3. The lowest BCUT2D eigenvalue weighted by atomic mass is 9.92. The van der Waals surface area contributed by atoms with E-state index in [1.165, 1.54) is 0 Å². The van der Waals surface area contributed by atoms with E-state index in [0.717, 1.165) is 22.4 Å². The first-order chi connectivity index (χ1) is 16.9. The summed E-state index contributed by atoms with van der Waals surface area (Å²) in [5.41, 5.74) is 4.21. The Hall–Kier alpha value is -2.87. The average molecular weight is 488 g/mol. The quantitative estimate of drug-likeness (QED) is 0.453. The summed E-state index contributed by atoms with van der Waals surface area (Å²) in [4.78, 5) is 14.5. The van der Waals surface area contributed by atoms with Gasteiger partial charge >= 0.3 is 0 Å². The molecule has 7 nitrogen and oxygen atoms in total. The number of anilines is 1. The molecule has 1 aliphatic heterocycles. The molecule has 35 heavy (non-hydrogen) atoms. The lowest BCUT2D eigenvalue weighted by Gasteiger charge is -2.27. The largest absolute Gasteiger partial charge is 0.493 e. The van der Waals surface area contributed by atoms with Crippen LogP contribution in [0.2, 0.25) is 0 Å². The summed E-state index contributed by atoms with van der Waals surface area (Å²) in [5, 5.41) is 27.5. The lowest BCUT2D eigenvalue weighted by Crippen LogP contribution is -2.22. The maximum Gasteiger partial charge on any atom is 0.160 e. The maximum atomic E-state index is 12.5. The molecule has 1 unspecified atom stereocenters. The van der Waals surface area contributed by atoms with Gasteiger partial charge in [0.2, 0.25) is 0 Å². The highest BCUT2D eigenvalue weighted by molar-refractivity contribution is 6.25. The van der Waals surface area contributed by atoms with Crippen molar-refractivity contribution in [3.63, 3.8) is 0 Å². The molecule has 0 aromatic heterocycles. The zero-order valence-electron chi connectivity index (χ0n) is 21.9. The molecule has 3 N–H and O–H groups in total. The molecular formula is C28H41NO6. The van der Waals surface area contributed by atoms with Crippen molar-refractivity contribution in [1.82, 2.24) is 0 Å². The van der Waals surface area contributed by atoms with Crippen molar-refractivity contribution in [2.75, 3.05) is 38.4 Å². The Labute approximate surface area is 209 Å². The molecule has 0 spiro atoms. The predicted octanol–water partition coefficient (Wildman–Crippen LogP) is 4.31. The summed E-state index contributed by atoms with van der Waals surface area (Å²) in [6.07, 6.45) is 1.49. The van der Waals surface area contributed by atoms with E-state index in [2.05, 4.69) is 4.90 Å². The zero-order chi connectivity index (χ0) is 26.4. The Morgan fingerprint density at radius 1 is 1.03 bits per heavy atom. The van der Waals surface area contributed by atoms with Gasteiger partial charge in [0.05, 0.1) is 13.2 Å². The molecule has 0 fully saturated rings. The molecule has 1 aliphatic rings. The van der Waals surface area contributed by atoms with Gasteiger partial charge in [0, 0.05) is 43.9 Å². The van der Waals surface area contributed by atoms with Crippen molar-refractivity contribution in [3.8, 4) is 11.5 Å². The van der Waals surface area contributed by atoms with Gasteiger partial charge < -0.3 is 29.7 Å². The number of carbonyl (C=O) groups excluding carboxylic acids is 1. The number of ether oxygens (including phenoxy) is 2. The van der Waals surface area contributed by atoms with E-state index in [1.807, 2.05) is 71.2 Å². The Bertz CT molecular complexity index is 956. The molecule has 7 heteroatoms. The first-order valence-corrected chi connectivity index (χ1v) is 12.3. The lowest BCUT2D eigenvalue weighted by molar-refractivity contribution is -0.111. The molecule has 0 radical (unpaired) electrons. The van der Waals surface area contributed by atoms with Crippen LogP contribution in [0.15, 0.2) is 36.4 Å². The summed E-state index contributed by atoms with van der Waals surface area (Å²) in [6, 6.07) is 11.2. The number of carbonyl (C=O) groups is 1. The highest BCUT2D eigenvalue weighted by Crippen LogP contribution is 2.35. The van der Waals surface area contributed by atoms with Crippen molar-refractivity contribution in [3.05, 3.63) is 53.1 Å². The minimum atomic E-state index is -0.944. The number of fused-ring (bicyclic) bond motifs is 2. The summed E-state index contributed by atoms with van der Waals surface area (Å²) in [7, 11) is 1.96. The smallest absolute Gasteiger partial charge is 0.160 e. The molecule has 0 amide bonds. The van der Waals surface area contributed by atoms with E-state index >= 15 is 0 Å². The Kier molecular flexibility index (Phi) is 13.7. The number of hydrogen-bond acceptors (Lipinski definition) is 7. The summed E-state index contributed by atoms with van der Waals surface area (Å²) >= 11 is 0. The minimum absolute atomic E-state index is 0.00902. The third-order valence-corrected chi connectivity index (χ3v) is 5.09. The SMILES string of the molecule is CC.CC.CC(=O)/C1=C/c2ccc(OCC(O)CO)cc2N(C)Cc2cc(OCCCO)ccc21. The van der Waals surface area contributed by atoms with Crippen molar-refractivity contribution in [1.29, 1.82) is 0 Å². The number of Topliss-reactive ketones (excluding diaryl/α,β-unsaturated/α-hetero) is 1. The summed E-state index contributed by atoms with van der Waals surface area (Å²) in [5.74, 6) is 1.23. The van der Waals surface area contributed by atoms with Gasteiger partial charge in [-0.2, -0.15) is 0 Å². The minimum Gasteiger partial charge on any atom is -0.493 e. The van der Waals surface area contributed by atoms with Gasteiger partial charge in [-0.1, -0.05) is 33.8 Å². The van der Waals surface area contributed by atoms with E-state index in [-0.39, 0.29) is 25.6 Å². The zero-order valence-corrected chi connectivity index (χ0v) is 21.9. The van der Waals surface area contributed by atoms with Crippen LogP contribution >= 0.6 is 0 Å². The summed E-state index contributed by atoms with van der Waals surface area (Å²) < 4.78 is 11.3. The molecule has 1 atom stereocenters. The fourth-order valence-electron chi connectivity index (χ4n) is 3.48. The van der Waals surface area contributed by atoms with Crippen LogP contribution in [-0.4, -0.2) is 60.7 Å². The van der Waals surface area contributed by atoms with Gasteiger partial charge in [-0.05, 0) is 54.0 Å². The standard InChI is InChI=1S/C24H29NO6.2C2H6/c1-16(28)23-11-17-4-5-21(31-15-19(29)14-27)12-24(17)25(2)13-18-10-20(6-7-22(18)23)30-9-3-8-26;2*1-2/h4-7,10-12,19,26-27,29H,3,8-9,13-15H2,1-2H3;2*1-2H3/b23-11-;;. The first-order valence-electron chi connectivity index (χ1n) is 12.3. The van der Waals surface area contributed by atoms with E-state index in [0.29, 0.717) is 36.6 Å². The van der Waals surface area contributed by atoms with Crippen molar-refractivity contribution in [2.45, 2.75) is 53.7 Å². The Morgan fingerprint density at radius 2 is 1.69 bits per heavy atom. The second kappa shape index (κ2) is 15.9. The van der Waals surface area contributed by atoms with Gasteiger partial charge in [-0.15, -0.1) is 0 Å². The van der Waals surface area contributed by atoms with Crippen LogP contribution in [0.4, 0.5) is 5.69 Å². The first kappa shape index (κ1) is 30.2. The number of rotatable bonds is 9. The highest BCUT2D eigenvalue weighted by Gasteiger charge is 2.20. The Morgan fingerprint density at radius 3 is 2.31 bits per heavy atom. The summed E-state index contributed by atoms with van der Waals surface area (Å²) in [6.45, 7) is 10.2. The van der Waals surface area contributed by atoms with Crippen molar-refractivity contribution < 1.29 is 29.6 Å². The fraction of sp³-hybridized carbons (Fsp3) is 0.464. The van der Waals surface area contributed by atoms with E-state index in [9.17, 15) is 9.90 Å². The van der Waals surface area contributed by atoms with E-state index in [1.54, 1.807) is 13.0 Å². The molecule has 0 aliphatic carbocycles. The third-order valence-electron chi connectivity index (χ3n) is 5.09. The third kappa shape index (κ3) is 8.69. The average Bonchev–Trinajstić information content (AvgIpc) is 2.88. The molecule has 0 saturated carbocycles. The number of allylic oxidation sites excluding steroid dienone is 1. The van der Waals surface area contributed by atoms with Crippen LogP contribution < -0.4 is 14.4 Å². The van der Waals surface area contributed by atoms with Crippen LogP contribution in [0.1, 0.15) is 57.7 Å². The Balaban J connectivity index is 0.00000145. The second-order valence-electron chi connectivity index (χ2n) is 7.58. The van der Waals surface area contributed by atoms with Gasteiger partial charge in [-0.3, -0.25) is 4.79 Å². The number of benzene rings is 2. The van der Waals surface area contributed by atoms with Gasteiger partial charge in [0.25, 0.3) is 0 Å². The molecule has 1 heterocycles. The monoisotopic (exact) mass is 487 g/mol. The molecular weight excluding hydrogens is 446 g/mol. The van der Waals surface area contributed by atoms with E-state index < -0.39 is 6.10 Å². The highest BCUT2D eigenvalue weighted by atomic mass is 16.5. The second-order valence-corrected chi connectivity index (χ2v) is 7.58. The van der Waals surface area contributed by atoms with Crippen molar-refractivity contribution >= 4 is 23.1 Å². The number of hydrogen-bond donors (Lipinski definition) is 3. The van der Waals surface area contributed by atoms with Crippen LogP contribution in [0, 0.1) is 0 Å². The topological polar surface area (TPSA) is 99.5 Å². The molecule has 0 saturated heterocycles. The number of ketones is 1. The van der Waals surface area contributed by atoms with Crippen LogP contribution in [0.25, 0.3) is 11.6 Å². The molecule has 194 valence electrons. The van der Waals surface area contributed by atoms with Gasteiger partial charge in [0.15, 0.2) is 5.78 Å². The van der Waals surface area contributed by atoms with Crippen LogP contribution in [0.3, 0.4) is 0 Å². The molecule has 2 aromatic rings. The fourth-order valence-corrected chi connectivity index (χ4v) is 3.48. The normalized spacial score (nSPS) is 14.2. The number of aliphatic hydroxyl groups is 3. The van der Waals surface area contributed by atoms with Crippen molar-refractivity contribution in [2.24, 2.45) is 0 Å². The molecule has 3 rings (SSSR count). The molecule has 0 bridgehead atoms.